The van der Waals surface area contributed by atoms with Crippen molar-refractivity contribution in [1.82, 2.24) is 4.90 Å². The van der Waals surface area contributed by atoms with E-state index in [1.807, 2.05) is 18.2 Å². The lowest BCUT2D eigenvalue weighted by atomic mass is 9.98. The fourth-order valence-electron chi connectivity index (χ4n) is 3.62. The topological polar surface area (TPSA) is 80.0 Å². The van der Waals surface area contributed by atoms with E-state index in [1.165, 1.54) is 0 Å². The first kappa shape index (κ1) is 18.7. The molecule has 0 unspecified atom stereocenters. The maximum absolute atomic E-state index is 13.3. The number of hydrogen-bond donors (Lipinski definition) is 1. The molecular weight excluding hydrogens is 426 g/mol. The zero-order valence-corrected chi connectivity index (χ0v) is 16.7. The Labute approximate surface area is 169 Å². The van der Waals surface area contributed by atoms with Crippen LogP contribution in [-0.4, -0.2) is 36.2 Å². The molecule has 1 N–H and O–H groups in total. The Morgan fingerprint density at radius 3 is 2.79 bits per heavy atom. The molecule has 0 saturated heterocycles. The predicted octanol–water partition coefficient (Wildman–Crippen LogP) is 3.49. The second kappa shape index (κ2) is 7.41. The Hall–Kier alpha value is -2.64. The Bertz CT molecular complexity index is 1120. The van der Waals surface area contributed by atoms with Crippen LogP contribution in [0, 0.1) is 0 Å². The molecular formula is C21H18BrNO5. The van der Waals surface area contributed by atoms with Crippen LogP contribution in [0.1, 0.15) is 34.1 Å². The Balaban J connectivity index is 1.97. The van der Waals surface area contributed by atoms with Gasteiger partial charge in [-0.2, -0.15) is 0 Å². The van der Waals surface area contributed by atoms with Crippen molar-refractivity contribution < 1.29 is 19.1 Å². The average molecular weight is 444 g/mol. The van der Waals surface area contributed by atoms with Crippen molar-refractivity contribution in [1.29, 1.82) is 0 Å². The summed E-state index contributed by atoms with van der Waals surface area (Å²) >= 11 is 3.38. The van der Waals surface area contributed by atoms with Crippen LogP contribution in [0.4, 0.5) is 0 Å². The highest BCUT2D eigenvalue weighted by Crippen LogP contribution is 2.39. The molecule has 0 radical (unpaired) electrons. The fraction of sp³-hybridized carbons (Fsp3) is 0.238. The lowest BCUT2D eigenvalue weighted by Crippen LogP contribution is -2.31. The van der Waals surface area contributed by atoms with E-state index in [9.17, 15) is 14.7 Å². The van der Waals surface area contributed by atoms with Gasteiger partial charge in [-0.1, -0.05) is 28.1 Å². The molecule has 3 aromatic rings. The molecule has 2 heterocycles. The standard InChI is InChI=1S/C21H18BrNO5/c1-27-14-5-2-4-12(10-14)18-17-19(25)15-11-13(22)6-7-16(15)28-20(17)21(26)23(18)8-3-9-24/h2,4-7,10-11,18,24H,3,8-9H2,1H3/t18-/m1/s1. The van der Waals surface area contributed by atoms with E-state index in [0.717, 1.165) is 10.0 Å². The molecule has 1 aliphatic rings. The van der Waals surface area contributed by atoms with Crippen molar-refractivity contribution in [3.8, 4) is 5.75 Å². The van der Waals surface area contributed by atoms with Crippen molar-refractivity contribution in [2.75, 3.05) is 20.3 Å². The van der Waals surface area contributed by atoms with Crippen LogP contribution >= 0.6 is 15.9 Å². The van der Waals surface area contributed by atoms with Gasteiger partial charge in [0.1, 0.15) is 11.3 Å². The van der Waals surface area contributed by atoms with Gasteiger partial charge < -0.3 is 19.2 Å². The lowest BCUT2D eigenvalue weighted by Gasteiger charge is -2.25. The fourth-order valence-corrected chi connectivity index (χ4v) is 3.98. The van der Waals surface area contributed by atoms with Crippen molar-refractivity contribution in [2.45, 2.75) is 12.5 Å². The zero-order valence-electron chi connectivity index (χ0n) is 15.1. The lowest BCUT2D eigenvalue weighted by molar-refractivity contribution is 0.0716. The highest BCUT2D eigenvalue weighted by atomic mass is 79.9. The molecule has 7 heteroatoms. The molecule has 4 rings (SSSR count). The Morgan fingerprint density at radius 1 is 1.21 bits per heavy atom. The van der Waals surface area contributed by atoms with Crippen molar-refractivity contribution in [2.24, 2.45) is 0 Å². The molecule has 0 saturated carbocycles. The summed E-state index contributed by atoms with van der Waals surface area (Å²) in [4.78, 5) is 28.0. The van der Waals surface area contributed by atoms with E-state index in [0.29, 0.717) is 35.2 Å². The molecule has 1 amide bonds. The predicted molar refractivity (Wildman–Crippen MR) is 108 cm³/mol. The number of aliphatic hydroxyl groups excluding tert-OH is 1. The molecule has 1 aliphatic heterocycles. The van der Waals surface area contributed by atoms with Gasteiger partial charge in [0.25, 0.3) is 5.91 Å². The van der Waals surface area contributed by atoms with E-state index < -0.39 is 6.04 Å². The number of methoxy groups -OCH3 is 1. The summed E-state index contributed by atoms with van der Waals surface area (Å²) in [7, 11) is 1.57. The summed E-state index contributed by atoms with van der Waals surface area (Å²) in [5, 5.41) is 9.67. The number of fused-ring (bicyclic) bond motifs is 2. The summed E-state index contributed by atoms with van der Waals surface area (Å²) in [5.41, 5.74) is 1.21. The van der Waals surface area contributed by atoms with E-state index in [4.69, 9.17) is 9.15 Å². The summed E-state index contributed by atoms with van der Waals surface area (Å²) < 4.78 is 11.9. The van der Waals surface area contributed by atoms with Crippen molar-refractivity contribution in [3.05, 3.63) is 74.0 Å². The normalized spacial score (nSPS) is 15.9. The van der Waals surface area contributed by atoms with Crippen LogP contribution in [0.5, 0.6) is 5.75 Å². The number of halogens is 1. The van der Waals surface area contributed by atoms with Gasteiger partial charge >= 0.3 is 0 Å². The van der Waals surface area contributed by atoms with E-state index in [-0.39, 0.29) is 23.7 Å². The Morgan fingerprint density at radius 2 is 2.04 bits per heavy atom. The number of carbonyl (C=O) groups excluding carboxylic acids is 1. The van der Waals surface area contributed by atoms with Gasteiger partial charge in [0.15, 0.2) is 5.43 Å². The number of rotatable bonds is 5. The maximum Gasteiger partial charge on any atom is 0.290 e. The number of aliphatic hydroxyl groups is 1. The third-order valence-corrected chi connectivity index (χ3v) is 5.39. The van der Waals surface area contributed by atoms with E-state index in [1.54, 1.807) is 36.3 Å². The monoisotopic (exact) mass is 443 g/mol. The van der Waals surface area contributed by atoms with Gasteiger partial charge in [0.05, 0.1) is 24.1 Å². The van der Waals surface area contributed by atoms with Crippen LogP contribution in [0.2, 0.25) is 0 Å². The number of ether oxygens (including phenoxy) is 1. The van der Waals surface area contributed by atoms with Crippen LogP contribution in [-0.2, 0) is 0 Å². The number of amides is 1. The molecule has 144 valence electrons. The minimum atomic E-state index is -0.594. The van der Waals surface area contributed by atoms with Gasteiger partial charge in [-0.3, -0.25) is 9.59 Å². The van der Waals surface area contributed by atoms with Crippen molar-refractivity contribution in [3.63, 3.8) is 0 Å². The first-order valence-electron chi connectivity index (χ1n) is 8.87. The molecule has 0 aliphatic carbocycles. The van der Waals surface area contributed by atoms with Gasteiger partial charge in [-0.05, 0) is 42.3 Å². The number of benzene rings is 2. The molecule has 2 aromatic carbocycles. The van der Waals surface area contributed by atoms with Crippen molar-refractivity contribution >= 4 is 32.8 Å². The smallest absolute Gasteiger partial charge is 0.290 e. The third kappa shape index (κ3) is 3.00. The quantitative estimate of drug-likeness (QED) is 0.652. The number of carbonyl (C=O) groups is 1. The molecule has 1 aromatic heterocycles. The van der Waals surface area contributed by atoms with Gasteiger partial charge in [-0.25, -0.2) is 0 Å². The van der Waals surface area contributed by atoms with Gasteiger partial charge in [-0.15, -0.1) is 0 Å². The average Bonchev–Trinajstić information content (AvgIpc) is 2.99. The highest BCUT2D eigenvalue weighted by Gasteiger charge is 2.42. The van der Waals surface area contributed by atoms with Crippen LogP contribution in [0.25, 0.3) is 11.0 Å². The minimum absolute atomic E-state index is 0.0543. The zero-order chi connectivity index (χ0) is 19.8. The number of nitrogens with zero attached hydrogens (tertiary/aromatic N) is 1. The second-order valence-corrected chi connectivity index (χ2v) is 7.48. The Kier molecular flexibility index (Phi) is 4.95. The summed E-state index contributed by atoms with van der Waals surface area (Å²) in [6, 6.07) is 11.8. The third-order valence-electron chi connectivity index (χ3n) is 4.89. The maximum atomic E-state index is 13.3. The van der Waals surface area contributed by atoms with Crippen LogP contribution < -0.4 is 10.2 Å². The highest BCUT2D eigenvalue weighted by molar-refractivity contribution is 9.10. The molecule has 6 nitrogen and oxygen atoms in total. The summed E-state index contributed by atoms with van der Waals surface area (Å²) in [6.45, 7) is 0.252. The van der Waals surface area contributed by atoms with E-state index in [2.05, 4.69) is 15.9 Å². The van der Waals surface area contributed by atoms with Crippen LogP contribution in [0.3, 0.4) is 0 Å². The van der Waals surface area contributed by atoms with Gasteiger partial charge in [0, 0.05) is 17.6 Å². The van der Waals surface area contributed by atoms with E-state index >= 15 is 0 Å². The molecule has 0 fully saturated rings. The first-order chi connectivity index (χ1) is 13.5. The number of hydrogen-bond acceptors (Lipinski definition) is 5. The summed E-state index contributed by atoms with van der Waals surface area (Å²) in [5.74, 6) is 0.345. The van der Waals surface area contributed by atoms with Crippen LogP contribution in [0.15, 0.2) is 56.1 Å². The summed E-state index contributed by atoms with van der Waals surface area (Å²) in [6.07, 6.45) is 0.402. The molecule has 0 spiro atoms. The van der Waals surface area contributed by atoms with Gasteiger partial charge in [0.2, 0.25) is 5.76 Å². The largest absolute Gasteiger partial charge is 0.497 e. The molecule has 0 bridgehead atoms. The SMILES string of the molecule is COc1cccc([C@@H]2c3c(oc4ccc(Br)cc4c3=O)C(=O)N2CCCO)c1. The molecule has 28 heavy (non-hydrogen) atoms. The molecule has 1 atom stereocenters. The first-order valence-corrected chi connectivity index (χ1v) is 9.66. The second-order valence-electron chi connectivity index (χ2n) is 6.57. The minimum Gasteiger partial charge on any atom is -0.497 e.